The molecular weight excluding hydrogens is 152 g/mol. The van der Waals surface area contributed by atoms with Gasteiger partial charge in [0.15, 0.2) is 0 Å². The molecule has 0 saturated carbocycles. The third-order valence-electron chi connectivity index (χ3n) is 2.00. The standard InChI is InChI=1S/C9H14N2O/c1-8(2,3)9(11-10)6-4-5-7-12-9/h4-7,10H,1-3H3. The molecule has 66 valence electrons. The third kappa shape index (κ3) is 1.26. The van der Waals surface area contributed by atoms with Crippen molar-refractivity contribution >= 4 is 0 Å². The van der Waals surface area contributed by atoms with Crippen LogP contribution in [0.5, 0.6) is 0 Å². The Labute approximate surface area is 72.6 Å². The summed E-state index contributed by atoms with van der Waals surface area (Å²) in [6, 6.07) is 0. The molecule has 0 aromatic carbocycles. The van der Waals surface area contributed by atoms with Crippen LogP contribution in [-0.4, -0.2) is 5.72 Å². The van der Waals surface area contributed by atoms with Crippen molar-refractivity contribution in [3.8, 4) is 0 Å². The highest BCUT2D eigenvalue weighted by atomic mass is 16.5. The molecule has 1 aliphatic rings. The van der Waals surface area contributed by atoms with Crippen LogP contribution in [0.4, 0.5) is 0 Å². The highest BCUT2D eigenvalue weighted by molar-refractivity contribution is 5.16. The van der Waals surface area contributed by atoms with Gasteiger partial charge < -0.3 is 4.74 Å². The lowest BCUT2D eigenvalue weighted by atomic mass is 9.82. The van der Waals surface area contributed by atoms with E-state index in [4.69, 9.17) is 10.3 Å². The molecule has 3 heteroatoms. The minimum absolute atomic E-state index is 0.198. The van der Waals surface area contributed by atoms with E-state index < -0.39 is 5.72 Å². The second-order valence-electron chi connectivity index (χ2n) is 3.86. The molecule has 1 unspecified atom stereocenters. The molecule has 0 bridgehead atoms. The molecule has 0 aromatic heterocycles. The molecule has 0 fully saturated rings. The molecule has 0 aliphatic carbocycles. The number of nitrogens with zero attached hydrogens (tertiary/aromatic N) is 1. The van der Waals surface area contributed by atoms with Gasteiger partial charge in [0.1, 0.15) is 0 Å². The SMILES string of the molecule is CC(C)(C)C1(N=N)C=CC=CO1. The van der Waals surface area contributed by atoms with Crippen molar-refractivity contribution in [1.82, 2.24) is 0 Å². The summed E-state index contributed by atoms with van der Waals surface area (Å²) in [5.41, 5.74) is 6.10. The van der Waals surface area contributed by atoms with E-state index in [1.54, 1.807) is 18.4 Å². The molecule has 0 aromatic rings. The van der Waals surface area contributed by atoms with Crippen LogP contribution in [-0.2, 0) is 4.74 Å². The van der Waals surface area contributed by atoms with Crippen molar-refractivity contribution in [2.45, 2.75) is 26.5 Å². The summed E-state index contributed by atoms with van der Waals surface area (Å²) in [4.78, 5) is 0. The van der Waals surface area contributed by atoms with E-state index in [1.807, 2.05) is 26.8 Å². The number of hydrogen-bond donors (Lipinski definition) is 1. The van der Waals surface area contributed by atoms with Gasteiger partial charge >= 0.3 is 0 Å². The summed E-state index contributed by atoms with van der Waals surface area (Å²) < 4.78 is 5.36. The van der Waals surface area contributed by atoms with E-state index in [0.29, 0.717) is 0 Å². The fraction of sp³-hybridized carbons (Fsp3) is 0.556. The lowest BCUT2D eigenvalue weighted by Crippen LogP contribution is -2.41. The molecule has 1 rings (SSSR count). The minimum atomic E-state index is -0.818. The van der Waals surface area contributed by atoms with Gasteiger partial charge in [0.2, 0.25) is 5.72 Å². The van der Waals surface area contributed by atoms with Gasteiger partial charge in [0.25, 0.3) is 0 Å². The predicted octanol–water partition coefficient (Wildman–Crippen LogP) is 2.86. The minimum Gasteiger partial charge on any atom is -0.468 e. The number of rotatable bonds is 1. The van der Waals surface area contributed by atoms with E-state index in [1.165, 1.54) is 0 Å². The summed E-state index contributed by atoms with van der Waals surface area (Å²) in [6.45, 7) is 5.98. The first-order valence-electron chi connectivity index (χ1n) is 3.93. The van der Waals surface area contributed by atoms with Gasteiger partial charge in [0, 0.05) is 5.41 Å². The lowest BCUT2D eigenvalue weighted by molar-refractivity contribution is -0.0299. The number of nitrogens with one attached hydrogen (secondary N) is 1. The van der Waals surface area contributed by atoms with Gasteiger partial charge in [0.05, 0.1) is 6.26 Å². The molecule has 0 amide bonds. The molecule has 1 heterocycles. The van der Waals surface area contributed by atoms with Crippen molar-refractivity contribution < 1.29 is 4.74 Å². The topological polar surface area (TPSA) is 45.4 Å². The van der Waals surface area contributed by atoms with E-state index in [-0.39, 0.29) is 5.41 Å². The first-order chi connectivity index (χ1) is 5.52. The van der Waals surface area contributed by atoms with Crippen molar-refractivity contribution in [3.63, 3.8) is 0 Å². The van der Waals surface area contributed by atoms with Crippen LogP contribution in [0.3, 0.4) is 0 Å². The zero-order valence-corrected chi connectivity index (χ0v) is 7.66. The van der Waals surface area contributed by atoms with Gasteiger partial charge in [-0.15, -0.1) is 5.11 Å². The fourth-order valence-electron chi connectivity index (χ4n) is 1.07. The van der Waals surface area contributed by atoms with Crippen molar-refractivity contribution in [2.75, 3.05) is 0 Å². The molecular formula is C9H14N2O. The van der Waals surface area contributed by atoms with Crippen LogP contribution >= 0.6 is 0 Å². The Kier molecular flexibility index (Phi) is 2.04. The first-order valence-corrected chi connectivity index (χ1v) is 3.93. The number of ether oxygens (including phenoxy) is 1. The van der Waals surface area contributed by atoms with E-state index in [9.17, 15) is 0 Å². The van der Waals surface area contributed by atoms with Crippen molar-refractivity contribution in [1.29, 1.82) is 5.53 Å². The molecule has 1 N–H and O–H groups in total. The lowest BCUT2D eigenvalue weighted by Gasteiger charge is -2.37. The van der Waals surface area contributed by atoms with Crippen LogP contribution in [0.1, 0.15) is 20.8 Å². The quantitative estimate of drug-likeness (QED) is 0.598. The van der Waals surface area contributed by atoms with Crippen LogP contribution in [0.15, 0.2) is 29.6 Å². The summed E-state index contributed by atoms with van der Waals surface area (Å²) >= 11 is 0. The maximum atomic E-state index is 7.12. The van der Waals surface area contributed by atoms with Crippen LogP contribution in [0.25, 0.3) is 0 Å². The molecule has 0 saturated heterocycles. The Balaban J connectivity index is 2.99. The molecule has 3 nitrogen and oxygen atoms in total. The first kappa shape index (κ1) is 8.97. The maximum absolute atomic E-state index is 7.12. The van der Waals surface area contributed by atoms with E-state index in [0.717, 1.165) is 0 Å². The summed E-state index contributed by atoms with van der Waals surface area (Å²) in [6.07, 6.45) is 7.02. The predicted molar refractivity (Wildman–Crippen MR) is 46.7 cm³/mol. The van der Waals surface area contributed by atoms with E-state index >= 15 is 0 Å². The number of allylic oxidation sites excluding steroid dienone is 2. The normalized spacial score (nSPS) is 28.2. The van der Waals surface area contributed by atoms with Crippen LogP contribution < -0.4 is 0 Å². The summed E-state index contributed by atoms with van der Waals surface area (Å²) in [5, 5.41) is 3.54. The second kappa shape index (κ2) is 2.73. The van der Waals surface area contributed by atoms with Gasteiger partial charge in [-0.05, 0) is 12.2 Å². The summed E-state index contributed by atoms with van der Waals surface area (Å²) in [7, 11) is 0. The Morgan fingerprint density at radius 3 is 2.25 bits per heavy atom. The third-order valence-corrected chi connectivity index (χ3v) is 2.00. The number of hydrogen-bond acceptors (Lipinski definition) is 3. The largest absolute Gasteiger partial charge is 0.468 e. The Hall–Kier alpha value is -1.12. The van der Waals surface area contributed by atoms with Gasteiger partial charge in [-0.1, -0.05) is 26.8 Å². The monoisotopic (exact) mass is 166 g/mol. The fourth-order valence-corrected chi connectivity index (χ4v) is 1.07. The average molecular weight is 166 g/mol. The van der Waals surface area contributed by atoms with Crippen LogP contribution in [0, 0.1) is 10.9 Å². The molecule has 0 radical (unpaired) electrons. The highest BCUT2D eigenvalue weighted by Crippen LogP contribution is 2.37. The van der Waals surface area contributed by atoms with Crippen LogP contribution in [0.2, 0.25) is 0 Å². The van der Waals surface area contributed by atoms with Gasteiger partial charge in [-0.3, -0.25) is 0 Å². The van der Waals surface area contributed by atoms with Crippen molar-refractivity contribution in [2.24, 2.45) is 10.5 Å². The molecule has 1 aliphatic heterocycles. The highest BCUT2D eigenvalue weighted by Gasteiger charge is 2.42. The Morgan fingerprint density at radius 2 is 2.00 bits per heavy atom. The van der Waals surface area contributed by atoms with E-state index in [2.05, 4.69) is 5.11 Å². The summed E-state index contributed by atoms with van der Waals surface area (Å²) in [5.74, 6) is 0. The van der Waals surface area contributed by atoms with Crippen molar-refractivity contribution in [3.05, 3.63) is 24.5 Å². The zero-order valence-electron chi connectivity index (χ0n) is 7.66. The molecule has 0 spiro atoms. The Bertz CT molecular complexity index is 237. The Morgan fingerprint density at radius 1 is 1.33 bits per heavy atom. The van der Waals surface area contributed by atoms with Gasteiger partial charge in [-0.25, -0.2) is 5.53 Å². The maximum Gasteiger partial charge on any atom is 0.241 e. The molecule has 12 heavy (non-hydrogen) atoms. The zero-order chi connectivity index (χ0) is 9.24. The molecule has 1 atom stereocenters. The average Bonchev–Trinajstić information content (AvgIpc) is 2.04. The second-order valence-corrected chi connectivity index (χ2v) is 3.86. The van der Waals surface area contributed by atoms with Gasteiger partial charge in [-0.2, -0.15) is 0 Å². The smallest absolute Gasteiger partial charge is 0.241 e.